The van der Waals surface area contributed by atoms with E-state index in [4.69, 9.17) is 23.8 Å². The number of pyridine rings is 2. The van der Waals surface area contributed by atoms with Crippen molar-refractivity contribution in [1.82, 2.24) is 15.4 Å². The summed E-state index contributed by atoms with van der Waals surface area (Å²) >= 11 is 11.4. The Morgan fingerprint density at radius 1 is 1.27 bits per heavy atom. The quantitative estimate of drug-likeness (QED) is 0.580. The number of anilines is 2. The standard InChI is InChI=1S/C14H13ClN6S/c15-9-4-7-18-13-10(5-8-17-12(9)13)20-21-14(22)19-11-3-1-2-6-16-11/h1-4,6-7,17H,5,8H2,(H2,16,19,21,22)/b20-10-. The zero-order valence-corrected chi connectivity index (χ0v) is 13.1. The summed E-state index contributed by atoms with van der Waals surface area (Å²) < 4.78 is 0. The van der Waals surface area contributed by atoms with E-state index in [1.807, 2.05) is 18.2 Å². The molecule has 3 N–H and O–H groups in total. The van der Waals surface area contributed by atoms with Crippen LogP contribution in [0.15, 0.2) is 41.8 Å². The summed E-state index contributed by atoms with van der Waals surface area (Å²) in [4.78, 5) is 8.46. The molecule has 2 aromatic rings. The minimum absolute atomic E-state index is 0.369. The number of nitrogens with one attached hydrogen (secondary N) is 3. The van der Waals surface area contributed by atoms with Crippen molar-refractivity contribution in [1.29, 1.82) is 0 Å². The highest BCUT2D eigenvalue weighted by molar-refractivity contribution is 7.80. The Kier molecular flexibility index (Phi) is 4.45. The number of rotatable bonds is 2. The van der Waals surface area contributed by atoms with Gasteiger partial charge < -0.3 is 10.6 Å². The maximum absolute atomic E-state index is 6.15. The number of thiocarbonyl (C=S) groups is 1. The molecule has 0 bridgehead atoms. The Labute approximate surface area is 138 Å². The fourth-order valence-corrected chi connectivity index (χ4v) is 2.42. The lowest BCUT2D eigenvalue weighted by atomic mass is 10.1. The third-order valence-electron chi connectivity index (χ3n) is 3.04. The summed E-state index contributed by atoms with van der Waals surface area (Å²) in [5, 5.41) is 11.5. The van der Waals surface area contributed by atoms with Crippen molar-refractivity contribution < 1.29 is 0 Å². The lowest BCUT2D eigenvalue weighted by Crippen LogP contribution is -2.28. The van der Waals surface area contributed by atoms with Gasteiger partial charge in [-0.05, 0) is 30.4 Å². The largest absolute Gasteiger partial charge is 0.382 e. The minimum Gasteiger partial charge on any atom is -0.382 e. The van der Waals surface area contributed by atoms with Gasteiger partial charge in [0.05, 0.1) is 16.4 Å². The lowest BCUT2D eigenvalue weighted by molar-refractivity contribution is 0.975. The van der Waals surface area contributed by atoms with E-state index in [0.29, 0.717) is 16.0 Å². The first kappa shape index (κ1) is 14.7. The van der Waals surface area contributed by atoms with Crippen LogP contribution >= 0.6 is 23.8 Å². The molecule has 112 valence electrons. The summed E-state index contributed by atoms with van der Waals surface area (Å²) in [6, 6.07) is 7.28. The second-order valence-corrected chi connectivity index (χ2v) is 5.35. The van der Waals surface area contributed by atoms with Crippen molar-refractivity contribution in [2.24, 2.45) is 5.10 Å². The molecule has 22 heavy (non-hydrogen) atoms. The zero-order valence-electron chi connectivity index (χ0n) is 11.5. The molecule has 8 heteroatoms. The van der Waals surface area contributed by atoms with E-state index >= 15 is 0 Å². The van der Waals surface area contributed by atoms with E-state index in [1.54, 1.807) is 18.5 Å². The molecule has 3 rings (SSSR count). The van der Waals surface area contributed by atoms with Gasteiger partial charge in [0.2, 0.25) is 0 Å². The van der Waals surface area contributed by atoms with Crippen molar-refractivity contribution in [2.75, 3.05) is 17.2 Å². The summed E-state index contributed by atoms with van der Waals surface area (Å²) in [5.74, 6) is 0.659. The van der Waals surface area contributed by atoms with Crippen LogP contribution in [0.5, 0.6) is 0 Å². The third kappa shape index (κ3) is 3.32. The van der Waals surface area contributed by atoms with Crippen LogP contribution < -0.4 is 16.1 Å². The molecule has 0 radical (unpaired) electrons. The van der Waals surface area contributed by atoms with Gasteiger partial charge in [0.25, 0.3) is 0 Å². The van der Waals surface area contributed by atoms with Crippen molar-refractivity contribution in [3.63, 3.8) is 0 Å². The van der Waals surface area contributed by atoms with Gasteiger partial charge in [-0.3, -0.25) is 10.4 Å². The van der Waals surface area contributed by atoms with Gasteiger partial charge in [-0.25, -0.2) is 4.98 Å². The lowest BCUT2D eigenvalue weighted by Gasteiger charge is -2.19. The first-order chi connectivity index (χ1) is 10.7. The molecule has 0 saturated carbocycles. The predicted octanol–water partition coefficient (Wildman–Crippen LogP) is 2.64. The number of hydrogen-bond donors (Lipinski definition) is 3. The van der Waals surface area contributed by atoms with Crippen LogP contribution in [0.25, 0.3) is 0 Å². The Morgan fingerprint density at radius 3 is 3.00 bits per heavy atom. The molecule has 0 atom stereocenters. The van der Waals surface area contributed by atoms with Gasteiger partial charge >= 0.3 is 0 Å². The van der Waals surface area contributed by atoms with Crippen LogP contribution in [0, 0.1) is 0 Å². The molecular formula is C14H13ClN6S. The monoisotopic (exact) mass is 332 g/mol. The fraction of sp³-hybridized carbons (Fsp3) is 0.143. The topological polar surface area (TPSA) is 74.2 Å². The Bertz CT molecular complexity index is 719. The molecular weight excluding hydrogens is 320 g/mol. The first-order valence-corrected chi connectivity index (χ1v) is 7.46. The van der Waals surface area contributed by atoms with Crippen molar-refractivity contribution in [3.8, 4) is 0 Å². The smallest absolute Gasteiger partial charge is 0.192 e. The normalized spacial score (nSPS) is 14.9. The zero-order chi connectivity index (χ0) is 15.4. The molecule has 1 aliphatic heterocycles. The molecule has 0 amide bonds. The number of nitrogens with zero attached hydrogens (tertiary/aromatic N) is 3. The number of hydrazone groups is 1. The maximum atomic E-state index is 6.15. The summed E-state index contributed by atoms with van der Waals surface area (Å²) in [7, 11) is 0. The Hall–Kier alpha value is -2.25. The van der Waals surface area contributed by atoms with E-state index < -0.39 is 0 Å². The number of aromatic nitrogens is 2. The average molecular weight is 333 g/mol. The number of fused-ring (bicyclic) bond motifs is 1. The molecule has 1 aliphatic rings. The minimum atomic E-state index is 0.369. The predicted molar refractivity (Wildman–Crippen MR) is 92.5 cm³/mol. The van der Waals surface area contributed by atoms with Crippen molar-refractivity contribution in [3.05, 3.63) is 47.4 Å². The van der Waals surface area contributed by atoms with Crippen LogP contribution in [0.4, 0.5) is 11.5 Å². The van der Waals surface area contributed by atoms with Crippen LogP contribution in [-0.2, 0) is 0 Å². The van der Waals surface area contributed by atoms with Gasteiger partial charge in [-0.1, -0.05) is 17.7 Å². The van der Waals surface area contributed by atoms with E-state index in [9.17, 15) is 0 Å². The van der Waals surface area contributed by atoms with E-state index in [0.717, 1.165) is 30.1 Å². The Morgan fingerprint density at radius 2 is 2.18 bits per heavy atom. The van der Waals surface area contributed by atoms with Gasteiger partial charge in [0.15, 0.2) is 5.11 Å². The van der Waals surface area contributed by atoms with Gasteiger partial charge in [0, 0.05) is 25.4 Å². The van der Waals surface area contributed by atoms with Crippen molar-refractivity contribution >= 4 is 46.1 Å². The van der Waals surface area contributed by atoms with E-state index in [1.165, 1.54) is 0 Å². The van der Waals surface area contributed by atoms with Crippen LogP contribution in [0.2, 0.25) is 5.02 Å². The molecule has 0 spiro atoms. The molecule has 2 aromatic heterocycles. The molecule has 0 aromatic carbocycles. The third-order valence-corrected chi connectivity index (χ3v) is 3.54. The highest BCUT2D eigenvalue weighted by Crippen LogP contribution is 2.27. The summed E-state index contributed by atoms with van der Waals surface area (Å²) in [6.07, 6.45) is 4.08. The fourth-order valence-electron chi connectivity index (χ4n) is 2.06. The average Bonchev–Trinajstić information content (AvgIpc) is 2.54. The molecule has 6 nitrogen and oxygen atoms in total. The highest BCUT2D eigenvalue weighted by atomic mass is 35.5. The van der Waals surface area contributed by atoms with Gasteiger partial charge in [0.1, 0.15) is 11.5 Å². The number of halogens is 1. The molecule has 0 saturated heterocycles. The van der Waals surface area contributed by atoms with Gasteiger partial charge in [-0.15, -0.1) is 0 Å². The SMILES string of the molecule is S=C(N/N=C1/CCNc2c(Cl)ccnc21)Nc1ccccn1. The second-order valence-electron chi connectivity index (χ2n) is 4.53. The Balaban J connectivity index is 1.72. The van der Waals surface area contributed by atoms with Crippen molar-refractivity contribution in [2.45, 2.75) is 6.42 Å². The number of hydrogen-bond acceptors (Lipinski definition) is 5. The van der Waals surface area contributed by atoms with Crippen LogP contribution in [0.3, 0.4) is 0 Å². The van der Waals surface area contributed by atoms with E-state index in [2.05, 4.69) is 31.1 Å². The second kappa shape index (κ2) is 6.67. The molecule has 0 fully saturated rings. The molecule has 3 heterocycles. The van der Waals surface area contributed by atoms with Gasteiger partial charge in [-0.2, -0.15) is 5.10 Å². The van der Waals surface area contributed by atoms with Crippen LogP contribution in [-0.4, -0.2) is 27.3 Å². The summed E-state index contributed by atoms with van der Waals surface area (Å²) in [6.45, 7) is 0.749. The summed E-state index contributed by atoms with van der Waals surface area (Å²) in [5.41, 5.74) is 5.17. The first-order valence-electron chi connectivity index (χ1n) is 6.67. The van der Waals surface area contributed by atoms with E-state index in [-0.39, 0.29) is 0 Å². The molecule has 0 aliphatic carbocycles. The maximum Gasteiger partial charge on any atom is 0.192 e. The molecule has 0 unspecified atom stereocenters. The highest BCUT2D eigenvalue weighted by Gasteiger charge is 2.19. The van der Waals surface area contributed by atoms with Crippen LogP contribution in [0.1, 0.15) is 12.1 Å².